The minimum atomic E-state index is -0.127. The maximum Gasteiger partial charge on any atom is 0.288 e. The molecule has 46 valence electrons. The Balaban J connectivity index is 3.20. The maximum absolute atomic E-state index is 10.4. The fourth-order valence-corrected chi connectivity index (χ4v) is 0.463. The Bertz CT molecular complexity index is 259. The number of rotatable bonds is 0. The summed E-state index contributed by atoms with van der Waals surface area (Å²) in [7, 11) is 0. The molecule has 0 aliphatic heterocycles. The minimum absolute atomic E-state index is 0.127. The molecule has 0 bridgehead atoms. The summed E-state index contributed by atoms with van der Waals surface area (Å²) in [5.74, 6) is 0. The van der Waals surface area contributed by atoms with E-state index < -0.39 is 0 Å². The Morgan fingerprint density at radius 3 is 2.78 bits per heavy atom. The second-order valence-electron chi connectivity index (χ2n) is 1.45. The number of aromatic nitrogens is 2. The predicted molar refractivity (Wildman–Crippen MR) is 25.3 cm³/mol. The van der Waals surface area contributed by atoms with Crippen LogP contribution in [0.5, 0.6) is 0 Å². The van der Waals surface area contributed by atoms with Crippen molar-refractivity contribution >= 4 is 0 Å². The molecule has 0 aliphatic rings. The first kappa shape index (κ1) is 5.44. The van der Waals surface area contributed by atoms with Gasteiger partial charge >= 0.3 is 0 Å². The fraction of sp³-hybridized carbons (Fsp3) is 0. The second kappa shape index (κ2) is 1.67. The number of nitriles is 1. The van der Waals surface area contributed by atoms with Crippen LogP contribution in [0.4, 0.5) is 0 Å². The Labute approximate surface area is 50.5 Å². The zero-order valence-corrected chi connectivity index (χ0v) is 4.35. The average molecular weight is 125 g/mol. The van der Waals surface area contributed by atoms with E-state index in [-0.39, 0.29) is 10.4 Å². The van der Waals surface area contributed by atoms with Crippen LogP contribution in [0.15, 0.2) is 12.5 Å². The molecule has 0 saturated carbocycles. The molecule has 1 heterocycles. The molecule has 0 radical (unpaired) electrons. The topological polar surface area (TPSA) is 75.9 Å². The highest BCUT2D eigenvalue weighted by Crippen LogP contribution is 1.85. The highest BCUT2D eigenvalue weighted by molar-refractivity contribution is 5.09. The van der Waals surface area contributed by atoms with Crippen LogP contribution in [-0.4, -0.2) is 9.94 Å². The summed E-state index contributed by atoms with van der Waals surface area (Å²) in [6.07, 6.45) is 1.87. The zero-order chi connectivity index (χ0) is 6.85. The first-order valence-corrected chi connectivity index (χ1v) is 2.14. The van der Waals surface area contributed by atoms with Gasteiger partial charge in [-0.1, -0.05) is 4.73 Å². The van der Waals surface area contributed by atoms with Crippen molar-refractivity contribution in [1.29, 1.82) is 5.26 Å². The quantitative estimate of drug-likeness (QED) is 0.281. The molecule has 9 heavy (non-hydrogen) atoms. The van der Waals surface area contributed by atoms with Crippen LogP contribution < -0.4 is 4.73 Å². The van der Waals surface area contributed by atoms with Crippen molar-refractivity contribution in [3.63, 3.8) is 0 Å². The lowest BCUT2D eigenvalue weighted by molar-refractivity contribution is -0.609. The number of nitrogens with zero attached hydrogens (tertiary/aromatic N) is 3. The summed E-state index contributed by atoms with van der Waals surface area (Å²) >= 11 is 0. The summed E-state index contributed by atoms with van der Waals surface area (Å²) in [5, 5.41) is 27.0. The SMILES string of the molecule is N#Cc1cn(O)c[n+]1[O-]. The summed E-state index contributed by atoms with van der Waals surface area (Å²) < 4.78 is 0.811. The number of hydrogen-bond acceptors (Lipinski definition) is 3. The van der Waals surface area contributed by atoms with E-state index >= 15 is 0 Å². The molecule has 1 aromatic rings. The van der Waals surface area contributed by atoms with Crippen LogP contribution in [0.2, 0.25) is 0 Å². The Morgan fingerprint density at radius 2 is 2.56 bits per heavy atom. The smallest absolute Gasteiger partial charge is 0.288 e. The summed E-state index contributed by atoms with van der Waals surface area (Å²) in [5.41, 5.74) is -0.127. The van der Waals surface area contributed by atoms with Gasteiger partial charge in [-0.05, 0) is 0 Å². The molecule has 0 aromatic carbocycles. The predicted octanol–water partition coefficient (Wildman–Crippen LogP) is -0.770. The van der Waals surface area contributed by atoms with Crippen molar-refractivity contribution in [3.8, 4) is 6.07 Å². The third-order valence-electron chi connectivity index (χ3n) is 0.830. The molecule has 0 spiro atoms. The molecule has 0 atom stereocenters. The molecule has 0 saturated heterocycles. The summed E-state index contributed by atoms with van der Waals surface area (Å²) in [6, 6.07) is 1.59. The van der Waals surface area contributed by atoms with E-state index in [0.717, 1.165) is 12.5 Å². The van der Waals surface area contributed by atoms with E-state index in [0.29, 0.717) is 4.73 Å². The van der Waals surface area contributed by atoms with Gasteiger partial charge in [0.2, 0.25) is 0 Å². The molecule has 0 fully saturated rings. The molecule has 0 aliphatic carbocycles. The van der Waals surface area contributed by atoms with Crippen molar-refractivity contribution in [2.45, 2.75) is 0 Å². The van der Waals surface area contributed by atoms with Crippen molar-refractivity contribution < 1.29 is 9.94 Å². The largest absolute Gasteiger partial charge is 0.710 e. The molecular formula is C4H3N3O2. The lowest BCUT2D eigenvalue weighted by Crippen LogP contribution is -2.26. The summed E-state index contributed by atoms with van der Waals surface area (Å²) in [6.45, 7) is 0. The third-order valence-corrected chi connectivity index (χ3v) is 0.830. The highest BCUT2D eigenvalue weighted by atomic mass is 16.5. The number of imidazole rings is 1. The maximum atomic E-state index is 10.4. The fourth-order valence-electron chi connectivity index (χ4n) is 0.463. The molecule has 1 N–H and O–H groups in total. The molecule has 1 aromatic heterocycles. The van der Waals surface area contributed by atoms with E-state index in [1.807, 2.05) is 0 Å². The van der Waals surface area contributed by atoms with Crippen molar-refractivity contribution in [1.82, 2.24) is 4.73 Å². The van der Waals surface area contributed by atoms with Gasteiger partial charge in [0.1, 0.15) is 6.07 Å². The molecule has 1 rings (SSSR count). The zero-order valence-electron chi connectivity index (χ0n) is 4.35. The van der Waals surface area contributed by atoms with E-state index in [1.165, 1.54) is 0 Å². The van der Waals surface area contributed by atoms with Crippen molar-refractivity contribution in [2.24, 2.45) is 0 Å². The third kappa shape index (κ3) is 0.770. The second-order valence-corrected chi connectivity index (χ2v) is 1.45. The Morgan fingerprint density at radius 1 is 1.89 bits per heavy atom. The molecule has 5 heteroatoms. The minimum Gasteiger partial charge on any atom is -0.710 e. The van der Waals surface area contributed by atoms with Gasteiger partial charge in [-0.3, -0.25) is 0 Å². The van der Waals surface area contributed by atoms with E-state index in [1.54, 1.807) is 6.07 Å². The van der Waals surface area contributed by atoms with Gasteiger partial charge in [-0.25, -0.2) is 4.73 Å². The molecule has 0 amide bonds. The van der Waals surface area contributed by atoms with E-state index in [2.05, 4.69) is 0 Å². The van der Waals surface area contributed by atoms with Crippen LogP contribution in [-0.2, 0) is 0 Å². The lowest BCUT2D eigenvalue weighted by atomic mass is 10.5. The van der Waals surface area contributed by atoms with Crippen LogP contribution in [0.25, 0.3) is 0 Å². The van der Waals surface area contributed by atoms with Crippen LogP contribution in [0.3, 0.4) is 0 Å². The van der Waals surface area contributed by atoms with Gasteiger partial charge in [0.05, 0.1) is 0 Å². The van der Waals surface area contributed by atoms with Crippen LogP contribution in [0, 0.1) is 16.5 Å². The van der Waals surface area contributed by atoms with E-state index in [9.17, 15) is 5.21 Å². The Kier molecular flexibility index (Phi) is 1.01. The van der Waals surface area contributed by atoms with Gasteiger partial charge in [0, 0.05) is 0 Å². The summed E-state index contributed by atoms with van der Waals surface area (Å²) in [4.78, 5) is 0. The Hall–Kier alpha value is -1.70. The van der Waals surface area contributed by atoms with Gasteiger partial charge in [0.15, 0.2) is 6.20 Å². The first-order chi connectivity index (χ1) is 4.24. The van der Waals surface area contributed by atoms with Crippen LogP contribution in [0.1, 0.15) is 5.69 Å². The first-order valence-electron chi connectivity index (χ1n) is 2.14. The standard InChI is InChI=1S/C4H3N3O2/c5-1-4-2-6(8)3-7(4)9/h2-3,8H. The van der Waals surface area contributed by atoms with Crippen molar-refractivity contribution in [2.75, 3.05) is 0 Å². The van der Waals surface area contributed by atoms with Gasteiger partial charge in [-0.15, -0.1) is 0 Å². The van der Waals surface area contributed by atoms with Gasteiger partial charge in [-0.2, -0.15) is 5.26 Å². The van der Waals surface area contributed by atoms with Gasteiger partial charge < -0.3 is 10.4 Å². The highest BCUT2D eigenvalue weighted by Gasteiger charge is 2.03. The van der Waals surface area contributed by atoms with Gasteiger partial charge in [0.25, 0.3) is 12.0 Å². The van der Waals surface area contributed by atoms with Crippen molar-refractivity contribution in [3.05, 3.63) is 23.4 Å². The molecule has 0 unspecified atom stereocenters. The number of hydrogen-bond donors (Lipinski definition) is 1. The normalized spacial score (nSPS) is 8.78. The molecular weight excluding hydrogens is 122 g/mol. The monoisotopic (exact) mass is 125 g/mol. The van der Waals surface area contributed by atoms with E-state index in [4.69, 9.17) is 10.5 Å². The van der Waals surface area contributed by atoms with Crippen LogP contribution >= 0.6 is 0 Å². The lowest BCUT2D eigenvalue weighted by Gasteiger charge is -1.90. The average Bonchev–Trinajstić information content (AvgIpc) is 2.10. The molecule has 5 nitrogen and oxygen atoms in total.